The normalized spacial score (nSPS) is 14.5. The molecule has 0 fully saturated rings. The van der Waals surface area contributed by atoms with Crippen molar-refractivity contribution in [3.63, 3.8) is 0 Å². The predicted molar refractivity (Wildman–Crippen MR) is 108 cm³/mol. The number of rotatable bonds is 6. The molecule has 0 saturated heterocycles. The fourth-order valence-electron chi connectivity index (χ4n) is 3.15. The summed E-state index contributed by atoms with van der Waals surface area (Å²) >= 11 is 0. The summed E-state index contributed by atoms with van der Waals surface area (Å²) in [7, 11) is 0. The number of carbonyl (C=O) groups is 2. The van der Waals surface area contributed by atoms with Gasteiger partial charge in [-0.3, -0.25) is 9.78 Å². The minimum Gasteiger partial charge on any atom is -0.452 e. The number of terminal acetylenes is 2. The van der Waals surface area contributed by atoms with Crippen LogP contribution in [0.25, 0.3) is 11.1 Å². The molecule has 0 radical (unpaired) electrons. The van der Waals surface area contributed by atoms with Gasteiger partial charge in [-0.2, -0.15) is 0 Å². The lowest BCUT2D eigenvalue weighted by Crippen LogP contribution is -2.28. The van der Waals surface area contributed by atoms with Gasteiger partial charge in [0.15, 0.2) is 13.2 Å². The Kier molecular flexibility index (Phi) is 6.54. The van der Waals surface area contributed by atoms with Gasteiger partial charge >= 0.3 is 11.9 Å². The maximum Gasteiger partial charge on any atom is 0.341 e. The standard InChI is InChI=1S/C23H17FN2O5/c1-3-7-29-20(27)11-18-17-10-14(15-9-16(24)13-26-12-15)5-6-19(17)31-22(25)21(18)23(28)30-8-4-2/h1-2,5-6,9-10,12-13,18H,7-8,11,25H2. The molecule has 0 saturated carbocycles. The molecule has 2 heterocycles. The van der Waals surface area contributed by atoms with Gasteiger partial charge in [0, 0.05) is 23.2 Å². The molecule has 1 aromatic heterocycles. The van der Waals surface area contributed by atoms with Crippen molar-refractivity contribution in [2.75, 3.05) is 13.2 Å². The molecular weight excluding hydrogens is 403 g/mol. The van der Waals surface area contributed by atoms with E-state index in [1.165, 1.54) is 12.3 Å². The zero-order valence-corrected chi connectivity index (χ0v) is 16.3. The summed E-state index contributed by atoms with van der Waals surface area (Å²) in [5.41, 5.74) is 7.43. The number of ether oxygens (including phenoxy) is 3. The number of aromatic nitrogens is 1. The highest BCUT2D eigenvalue weighted by Crippen LogP contribution is 2.42. The van der Waals surface area contributed by atoms with E-state index in [0.717, 1.165) is 6.20 Å². The maximum atomic E-state index is 13.6. The smallest absolute Gasteiger partial charge is 0.341 e. The molecule has 0 amide bonds. The topological polar surface area (TPSA) is 101 Å². The molecule has 2 N–H and O–H groups in total. The molecule has 0 spiro atoms. The Morgan fingerprint density at radius 3 is 2.58 bits per heavy atom. The van der Waals surface area contributed by atoms with E-state index in [0.29, 0.717) is 22.4 Å². The van der Waals surface area contributed by atoms with Crippen LogP contribution in [0.15, 0.2) is 48.1 Å². The van der Waals surface area contributed by atoms with Gasteiger partial charge in [0.2, 0.25) is 5.88 Å². The predicted octanol–water partition coefficient (Wildman–Crippen LogP) is 2.28. The van der Waals surface area contributed by atoms with Crippen LogP contribution >= 0.6 is 0 Å². The zero-order chi connectivity index (χ0) is 22.4. The van der Waals surface area contributed by atoms with Gasteiger partial charge in [-0.25, -0.2) is 9.18 Å². The molecule has 7 nitrogen and oxygen atoms in total. The van der Waals surface area contributed by atoms with Crippen LogP contribution in [0.4, 0.5) is 4.39 Å². The zero-order valence-electron chi connectivity index (χ0n) is 16.3. The molecule has 156 valence electrons. The summed E-state index contributed by atoms with van der Waals surface area (Å²) in [6, 6.07) is 6.25. The van der Waals surface area contributed by atoms with Crippen LogP contribution in [0, 0.1) is 30.5 Å². The number of benzene rings is 1. The summed E-state index contributed by atoms with van der Waals surface area (Å²) in [6.45, 7) is -0.508. The van der Waals surface area contributed by atoms with Gasteiger partial charge < -0.3 is 19.9 Å². The summed E-state index contributed by atoms with van der Waals surface area (Å²) < 4.78 is 29.2. The van der Waals surface area contributed by atoms with Crippen molar-refractivity contribution in [1.82, 2.24) is 4.98 Å². The van der Waals surface area contributed by atoms with E-state index < -0.39 is 23.7 Å². The Morgan fingerprint density at radius 2 is 1.87 bits per heavy atom. The highest BCUT2D eigenvalue weighted by molar-refractivity contribution is 5.93. The second kappa shape index (κ2) is 9.47. The Bertz CT molecular complexity index is 1140. The first kappa shape index (κ1) is 21.4. The number of hydrogen-bond acceptors (Lipinski definition) is 7. The fourth-order valence-corrected chi connectivity index (χ4v) is 3.15. The average molecular weight is 420 g/mol. The summed E-state index contributed by atoms with van der Waals surface area (Å²) in [4.78, 5) is 28.7. The van der Waals surface area contributed by atoms with E-state index in [4.69, 9.17) is 32.8 Å². The molecule has 2 aromatic rings. The van der Waals surface area contributed by atoms with E-state index in [-0.39, 0.29) is 31.1 Å². The van der Waals surface area contributed by atoms with Crippen molar-refractivity contribution >= 4 is 11.9 Å². The van der Waals surface area contributed by atoms with Crippen LogP contribution in [-0.4, -0.2) is 30.1 Å². The summed E-state index contributed by atoms with van der Waals surface area (Å²) in [5.74, 6) is 1.65. The lowest BCUT2D eigenvalue weighted by Gasteiger charge is -2.28. The van der Waals surface area contributed by atoms with Gasteiger partial charge in [0.05, 0.1) is 12.6 Å². The number of esters is 2. The third-order valence-corrected chi connectivity index (χ3v) is 4.45. The number of nitrogens with two attached hydrogens (primary N) is 1. The van der Waals surface area contributed by atoms with Crippen molar-refractivity contribution < 1.29 is 28.2 Å². The Labute approximate surface area is 178 Å². The second-order valence-electron chi connectivity index (χ2n) is 6.43. The first-order valence-electron chi connectivity index (χ1n) is 9.06. The SMILES string of the molecule is C#CCOC(=O)CC1C(C(=O)OCC#C)=C(N)Oc2ccc(-c3cncc(F)c3)cc21. The monoisotopic (exact) mass is 420 g/mol. The molecule has 31 heavy (non-hydrogen) atoms. The molecule has 1 atom stereocenters. The van der Waals surface area contributed by atoms with E-state index in [2.05, 4.69) is 16.8 Å². The van der Waals surface area contributed by atoms with E-state index >= 15 is 0 Å². The molecular formula is C23H17FN2O5. The van der Waals surface area contributed by atoms with Gasteiger partial charge in [-0.05, 0) is 23.8 Å². The molecule has 3 rings (SSSR count). The van der Waals surface area contributed by atoms with E-state index in [9.17, 15) is 14.0 Å². The maximum absolute atomic E-state index is 13.6. The molecule has 1 unspecified atom stereocenters. The first-order chi connectivity index (χ1) is 14.9. The molecule has 0 aliphatic carbocycles. The van der Waals surface area contributed by atoms with Gasteiger partial charge in [-0.15, -0.1) is 12.8 Å². The van der Waals surface area contributed by atoms with Gasteiger partial charge in [0.1, 0.15) is 17.1 Å². The number of pyridine rings is 1. The number of fused-ring (bicyclic) bond motifs is 1. The van der Waals surface area contributed by atoms with Crippen molar-refractivity contribution in [3.8, 4) is 41.6 Å². The largest absolute Gasteiger partial charge is 0.452 e. The third kappa shape index (κ3) is 4.82. The fraction of sp³-hybridized carbons (Fsp3) is 0.174. The molecule has 1 aliphatic rings. The first-order valence-corrected chi connectivity index (χ1v) is 9.06. The van der Waals surface area contributed by atoms with E-state index in [1.54, 1.807) is 18.2 Å². The third-order valence-electron chi connectivity index (χ3n) is 4.45. The van der Waals surface area contributed by atoms with Crippen molar-refractivity contribution in [2.45, 2.75) is 12.3 Å². The van der Waals surface area contributed by atoms with Crippen LogP contribution in [0.3, 0.4) is 0 Å². The highest BCUT2D eigenvalue weighted by atomic mass is 19.1. The van der Waals surface area contributed by atoms with Crippen LogP contribution in [0.1, 0.15) is 17.9 Å². The van der Waals surface area contributed by atoms with E-state index in [1.807, 2.05) is 0 Å². The minimum absolute atomic E-state index is 0.0741. The summed E-state index contributed by atoms with van der Waals surface area (Å²) in [6.07, 6.45) is 12.6. The van der Waals surface area contributed by atoms with Crippen LogP contribution in [-0.2, 0) is 19.1 Å². The van der Waals surface area contributed by atoms with Gasteiger partial charge in [0.25, 0.3) is 0 Å². The van der Waals surface area contributed by atoms with Crippen LogP contribution in [0.2, 0.25) is 0 Å². The minimum atomic E-state index is -0.860. The second-order valence-corrected chi connectivity index (χ2v) is 6.43. The van der Waals surface area contributed by atoms with Crippen molar-refractivity contribution in [2.24, 2.45) is 5.73 Å². The highest BCUT2D eigenvalue weighted by Gasteiger charge is 2.36. The number of carbonyl (C=O) groups excluding carboxylic acids is 2. The Hall–Kier alpha value is -4.30. The number of halogens is 1. The quantitative estimate of drug-likeness (QED) is 0.565. The lowest BCUT2D eigenvalue weighted by molar-refractivity contribution is -0.142. The Balaban J connectivity index is 2.05. The molecule has 8 heteroatoms. The van der Waals surface area contributed by atoms with Crippen molar-refractivity contribution in [3.05, 3.63) is 59.5 Å². The number of hydrogen-bond donors (Lipinski definition) is 1. The molecule has 0 bridgehead atoms. The van der Waals surface area contributed by atoms with Gasteiger partial charge in [-0.1, -0.05) is 17.9 Å². The van der Waals surface area contributed by atoms with Crippen LogP contribution in [0.5, 0.6) is 5.75 Å². The average Bonchev–Trinajstić information content (AvgIpc) is 2.75. The molecule has 1 aliphatic heterocycles. The molecule has 1 aromatic carbocycles. The lowest BCUT2D eigenvalue weighted by atomic mass is 9.84. The van der Waals surface area contributed by atoms with Crippen molar-refractivity contribution in [1.29, 1.82) is 0 Å². The van der Waals surface area contributed by atoms with Crippen LogP contribution < -0.4 is 10.5 Å². The number of nitrogens with zero attached hydrogens (tertiary/aromatic N) is 1. The Morgan fingerprint density at radius 1 is 1.13 bits per heavy atom. The summed E-state index contributed by atoms with van der Waals surface area (Å²) in [5, 5.41) is 0.